The number of rotatable bonds is 2. The van der Waals surface area contributed by atoms with Crippen molar-refractivity contribution in [2.45, 2.75) is 18.9 Å². The molecule has 4 heteroatoms. The summed E-state index contributed by atoms with van der Waals surface area (Å²) in [6.45, 7) is 0.830. The number of nitrogens with zero attached hydrogens (tertiary/aromatic N) is 2. The van der Waals surface area contributed by atoms with Crippen LogP contribution >= 0.6 is 0 Å². The second-order valence-corrected chi connectivity index (χ2v) is 4.09. The number of amides is 1. The van der Waals surface area contributed by atoms with Crippen LogP contribution in [0.2, 0.25) is 0 Å². The van der Waals surface area contributed by atoms with Gasteiger partial charge in [0.2, 0.25) is 5.91 Å². The minimum Gasteiger partial charge on any atom is -0.358 e. The lowest BCUT2D eigenvalue weighted by atomic mass is 10.1. The number of nitriles is 1. The number of likely N-dealkylation sites (N-methyl/N-ethyl adjacent to an activating group) is 1. The summed E-state index contributed by atoms with van der Waals surface area (Å²) in [6, 6.07) is 9.46. The van der Waals surface area contributed by atoms with Crippen LogP contribution in [0, 0.1) is 11.3 Å². The van der Waals surface area contributed by atoms with Gasteiger partial charge in [-0.05, 0) is 25.0 Å². The molecule has 2 rings (SSSR count). The fourth-order valence-electron chi connectivity index (χ4n) is 2.31. The van der Waals surface area contributed by atoms with Crippen molar-refractivity contribution in [2.24, 2.45) is 0 Å². The largest absolute Gasteiger partial charge is 0.358 e. The molecule has 0 aliphatic carbocycles. The summed E-state index contributed by atoms with van der Waals surface area (Å²) in [4.78, 5) is 13.8. The number of carbonyl (C=O) groups is 1. The quantitative estimate of drug-likeness (QED) is 0.831. The summed E-state index contributed by atoms with van der Waals surface area (Å²) in [5.41, 5.74) is 1.49. The molecule has 0 bridgehead atoms. The highest BCUT2D eigenvalue weighted by molar-refractivity contribution is 5.86. The molecule has 1 heterocycles. The van der Waals surface area contributed by atoms with Crippen LogP contribution in [0.15, 0.2) is 24.3 Å². The Morgan fingerprint density at radius 2 is 2.29 bits per heavy atom. The lowest BCUT2D eigenvalue weighted by molar-refractivity contribution is -0.121. The SMILES string of the molecule is CNC(=O)C1CCCN1c1ccccc1C#N. The van der Waals surface area contributed by atoms with Crippen molar-refractivity contribution in [1.82, 2.24) is 5.32 Å². The minimum atomic E-state index is -0.144. The van der Waals surface area contributed by atoms with Gasteiger partial charge in [-0.15, -0.1) is 0 Å². The van der Waals surface area contributed by atoms with E-state index in [1.807, 2.05) is 23.1 Å². The van der Waals surface area contributed by atoms with E-state index < -0.39 is 0 Å². The molecule has 1 saturated heterocycles. The molecule has 1 fully saturated rings. The molecule has 1 unspecified atom stereocenters. The molecular formula is C13H15N3O. The van der Waals surface area contributed by atoms with Crippen molar-refractivity contribution in [3.63, 3.8) is 0 Å². The fraction of sp³-hybridized carbons (Fsp3) is 0.385. The molecule has 0 spiro atoms. The molecule has 0 saturated carbocycles. The zero-order chi connectivity index (χ0) is 12.3. The average molecular weight is 229 g/mol. The highest BCUT2D eigenvalue weighted by Crippen LogP contribution is 2.28. The second-order valence-electron chi connectivity index (χ2n) is 4.09. The van der Waals surface area contributed by atoms with Gasteiger partial charge in [0.05, 0.1) is 11.3 Å². The number of carbonyl (C=O) groups excluding carboxylic acids is 1. The van der Waals surface area contributed by atoms with Gasteiger partial charge in [-0.1, -0.05) is 12.1 Å². The standard InChI is InChI=1S/C13H15N3O/c1-15-13(17)12-7-4-8-16(12)11-6-3-2-5-10(11)9-14/h2-3,5-6,12H,4,7-8H2,1H3,(H,15,17). The summed E-state index contributed by atoms with van der Waals surface area (Å²) in [6.07, 6.45) is 1.83. The number of hydrogen-bond donors (Lipinski definition) is 1. The number of para-hydroxylation sites is 1. The van der Waals surface area contributed by atoms with Gasteiger partial charge in [-0.2, -0.15) is 5.26 Å². The van der Waals surface area contributed by atoms with Crippen molar-refractivity contribution in [3.8, 4) is 6.07 Å². The summed E-state index contributed by atoms with van der Waals surface area (Å²) in [5, 5.41) is 11.8. The smallest absolute Gasteiger partial charge is 0.242 e. The van der Waals surface area contributed by atoms with Crippen LogP contribution in [-0.2, 0) is 4.79 Å². The summed E-state index contributed by atoms with van der Waals surface area (Å²) >= 11 is 0. The van der Waals surface area contributed by atoms with E-state index in [1.54, 1.807) is 13.1 Å². The molecule has 17 heavy (non-hydrogen) atoms. The van der Waals surface area contributed by atoms with E-state index in [-0.39, 0.29) is 11.9 Å². The number of hydrogen-bond acceptors (Lipinski definition) is 3. The summed E-state index contributed by atoms with van der Waals surface area (Å²) in [7, 11) is 1.65. The molecule has 1 aliphatic rings. The van der Waals surface area contributed by atoms with Crippen LogP contribution in [0.3, 0.4) is 0 Å². The van der Waals surface area contributed by atoms with Gasteiger partial charge in [0.15, 0.2) is 0 Å². The van der Waals surface area contributed by atoms with Crippen LogP contribution in [0.5, 0.6) is 0 Å². The van der Waals surface area contributed by atoms with Crippen LogP contribution in [0.25, 0.3) is 0 Å². The van der Waals surface area contributed by atoms with E-state index in [1.165, 1.54) is 0 Å². The van der Waals surface area contributed by atoms with Crippen LogP contribution in [-0.4, -0.2) is 25.5 Å². The topological polar surface area (TPSA) is 56.1 Å². The molecule has 1 N–H and O–H groups in total. The van der Waals surface area contributed by atoms with Gasteiger partial charge < -0.3 is 10.2 Å². The Morgan fingerprint density at radius 3 is 3.00 bits per heavy atom. The van der Waals surface area contributed by atoms with E-state index in [9.17, 15) is 4.79 Å². The molecule has 1 aliphatic heterocycles. The first-order valence-electron chi connectivity index (χ1n) is 5.75. The van der Waals surface area contributed by atoms with Gasteiger partial charge >= 0.3 is 0 Å². The zero-order valence-electron chi connectivity index (χ0n) is 9.81. The maximum absolute atomic E-state index is 11.8. The van der Waals surface area contributed by atoms with Crippen LogP contribution in [0.4, 0.5) is 5.69 Å². The first-order chi connectivity index (χ1) is 8.27. The van der Waals surface area contributed by atoms with Crippen molar-refractivity contribution in [1.29, 1.82) is 5.26 Å². The van der Waals surface area contributed by atoms with Gasteiger partial charge in [-0.3, -0.25) is 4.79 Å². The molecule has 88 valence electrons. The third-order valence-corrected chi connectivity index (χ3v) is 3.14. The van der Waals surface area contributed by atoms with Crippen molar-refractivity contribution >= 4 is 11.6 Å². The predicted octanol–water partition coefficient (Wildman–Crippen LogP) is 1.27. The van der Waals surface area contributed by atoms with E-state index in [0.29, 0.717) is 5.56 Å². The zero-order valence-corrected chi connectivity index (χ0v) is 9.81. The van der Waals surface area contributed by atoms with Gasteiger partial charge in [0, 0.05) is 13.6 Å². The van der Waals surface area contributed by atoms with Gasteiger partial charge in [-0.25, -0.2) is 0 Å². The number of benzene rings is 1. The van der Waals surface area contributed by atoms with Gasteiger partial charge in [0.1, 0.15) is 12.1 Å². The predicted molar refractivity (Wildman–Crippen MR) is 65.6 cm³/mol. The van der Waals surface area contributed by atoms with Crippen molar-refractivity contribution in [2.75, 3.05) is 18.5 Å². The first kappa shape index (κ1) is 11.5. The molecule has 1 atom stereocenters. The second kappa shape index (κ2) is 4.88. The number of anilines is 1. The van der Waals surface area contributed by atoms with E-state index in [2.05, 4.69) is 11.4 Å². The third kappa shape index (κ3) is 2.09. The summed E-state index contributed by atoms with van der Waals surface area (Å²) < 4.78 is 0. The Labute approximate surface area is 101 Å². The normalized spacial score (nSPS) is 18.8. The monoisotopic (exact) mass is 229 g/mol. The van der Waals surface area contributed by atoms with Crippen LogP contribution in [0.1, 0.15) is 18.4 Å². The van der Waals surface area contributed by atoms with Crippen LogP contribution < -0.4 is 10.2 Å². The average Bonchev–Trinajstić information content (AvgIpc) is 2.86. The molecular weight excluding hydrogens is 214 g/mol. The van der Waals surface area contributed by atoms with Gasteiger partial charge in [0.25, 0.3) is 0 Å². The van der Waals surface area contributed by atoms with E-state index in [0.717, 1.165) is 25.1 Å². The summed E-state index contributed by atoms with van der Waals surface area (Å²) in [5.74, 6) is 0.0234. The Balaban J connectivity index is 2.33. The highest BCUT2D eigenvalue weighted by atomic mass is 16.2. The molecule has 0 radical (unpaired) electrons. The first-order valence-corrected chi connectivity index (χ1v) is 5.75. The lowest BCUT2D eigenvalue weighted by Crippen LogP contribution is -2.42. The molecule has 1 aromatic rings. The Bertz CT molecular complexity index is 464. The number of nitrogens with one attached hydrogen (secondary N) is 1. The minimum absolute atomic E-state index is 0.0234. The fourth-order valence-corrected chi connectivity index (χ4v) is 2.31. The lowest BCUT2D eigenvalue weighted by Gasteiger charge is -2.26. The highest BCUT2D eigenvalue weighted by Gasteiger charge is 2.31. The van der Waals surface area contributed by atoms with Crippen molar-refractivity contribution in [3.05, 3.63) is 29.8 Å². The Kier molecular flexibility index (Phi) is 3.29. The third-order valence-electron chi connectivity index (χ3n) is 3.14. The Morgan fingerprint density at radius 1 is 1.53 bits per heavy atom. The van der Waals surface area contributed by atoms with Crippen molar-refractivity contribution < 1.29 is 4.79 Å². The molecule has 1 aromatic carbocycles. The molecule has 4 nitrogen and oxygen atoms in total. The van der Waals surface area contributed by atoms with E-state index >= 15 is 0 Å². The maximum atomic E-state index is 11.8. The molecule has 0 aromatic heterocycles. The Hall–Kier alpha value is -2.02. The molecule has 1 amide bonds. The van der Waals surface area contributed by atoms with E-state index in [4.69, 9.17) is 5.26 Å². The maximum Gasteiger partial charge on any atom is 0.242 e.